The first-order chi connectivity index (χ1) is 16.4. The molecule has 174 valence electrons. The normalized spacial score (nSPS) is 11.3. The fraction of sp³-hybridized carbons (Fsp3) is 0.200. The van der Waals surface area contributed by atoms with E-state index in [1.165, 1.54) is 16.2 Å². The van der Waals surface area contributed by atoms with Gasteiger partial charge >= 0.3 is 0 Å². The number of halogens is 1. The molecule has 9 heteroatoms. The summed E-state index contributed by atoms with van der Waals surface area (Å²) in [5.74, 6) is -0.167. The predicted octanol–water partition coefficient (Wildman–Crippen LogP) is 4.09. The Morgan fingerprint density at radius 1 is 1.12 bits per heavy atom. The number of para-hydroxylation sites is 1. The molecule has 2 aromatic carbocycles. The molecule has 8 nitrogen and oxygen atoms in total. The summed E-state index contributed by atoms with van der Waals surface area (Å²) in [5, 5.41) is 5.47. The number of nitrogens with zero attached hydrogens (tertiary/aromatic N) is 4. The summed E-state index contributed by atoms with van der Waals surface area (Å²) in [6.45, 7) is 6.65. The summed E-state index contributed by atoms with van der Waals surface area (Å²) in [5.41, 5.74) is 9.33. The zero-order chi connectivity index (χ0) is 24.2. The van der Waals surface area contributed by atoms with Gasteiger partial charge in [0.15, 0.2) is 0 Å². The number of rotatable bonds is 7. The molecule has 0 aliphatic heterocycles. The van der Waals surface area contributed by atoms with Crippen LogP contribution in [0.25, 0.3) is 17.0 Å². The Balaban J connectivity index is 1.47. The molecule has 0 spiro atoms. The van der Waals surface area contributed by atoms with Gasteiger partial charge in [0.25, 0.3) is 11.5 Å². The van der Waals surface area contributed by atoms with Crippen LogP contribution in [0.4, 0.5) is 5.95 Å². The van der Waals surface area contributed by atoms with Gasteiger partial charge in [-0.25, -0.2) is 9.67 Å². The largest absolute Gasteiger partial charge is 0.277 e. The van der Waals surface area contributed by atoms with Gasteiger partial charge in [-0.05, 0) is 44.5 Å². The SMILES string of the molecule is CCn1c(NNC(=O)/C=C/c2c(C)nn(Cc3ccc(C)cc3)c2Cl)nc2ccccc2c1=O. The molecule has 0 unspecified atom stereocenters. The van der Waals surface area contributed by atoms with Crippen LogP contribution in [-0.2, 0) is 17.9 Å². The van der Waals surface area contributed by atoms with E-state index < -0.39 is 5.91 Å². The smallest absolute Gasteiger partial charge is 0.262 e. The van der Waals surface area contributed by atoms with E-state index in [1.54, 1.807) is 35.0 Å². The predicted molar refractivity (Wildman–Crippen MR) is 135 cm³/mol. The lowest BCUT2D eigenvalue weighted by Gasteiger charge is -2.13. The second kappa shape index (κ2) is 9.93. The zero-order valence-electron chi connectivity index (χ0n) is 19.2. The molecule has 4 rings (SSSR count). The number of hydrazine groups is 1. The fourth-order valence-electron chi connectivity index (χ4n) is 3.60. The van der Waals surface area contributed by atoms with Gasteiger partial charge in [0, 0.05) is 18.2 Å². The third-order valence-corrected chi connectivity index (χ3v) is 5.84. The lowest BCUT2D eigenvalue weighted by molar-refractivity contribution is -0.116. The number of carbonyl (C=O) groups excluding carboxylic acids is 1. The number of fused-ring (bicyclic) bond motifs is 1. The Bertz CT molecular complexity index is 1440. The van der Waals surface area contributed by atoms with Crippen molar-refractivity contribution in [1.82, 2.24) is 24.8 Å². The van der Waals surface area contributed by atoms with Gasteiger partial charge in [-0.3, -0.25) is 25.0 Å². The molecule has 0 saturated carbocycles. The minimum absolute atomic E-state index is 0.177. The lowest BCUT2D eigenvalue weighted by Crippen LogP contribution is -2.33. The molecule has 0 aliphatic carbocycles. The van der Waals surface area contributed by atoms with Crippen LogP contribution in [0.2, 0.25) is 5.15 Å². The minimum Gasteiger partial charge on any atom is -0.277 e. The van der Waals surface area contributed by atoms with E-state index in [0.29, 0.717) is 40.4 Å². The van der Waals surface area contributed by atoms with E-state index in [2.05, 4.69) is 20.9 Å². The Hall–Kier alpha value is -3.91. The number of nitrogens with one attached hydrogen (secondary N) is 2. The molecular formula is C25H25ClN6O2. The van der Waals surface area contributed by atoms with Crippen molar-refractivity contribution in [3.63, 3.8) is 0 Å². The Morgan fingerprint density at radius 2 is 1.85 bits per heavy atom. The maximum Gasteiger partial charge on any atom is 0.262 e. The molecule has 4 aromatic rings. The minimum atomic E-state index is -0.424. The Kier molecular flexibility index (Phi) is 6.79. The second-order valence-corrected chi connectivity index (χ2v) is 8.24. The molecule has 0 fully saturated rings. The van der Waals surface area contributed by atoms with Gasteiger partial charge in [-0.1, -0.05) is 53.6 Å². The van der Waals surface area contributed by atoms with Crippen molar-refractivity contribution in [3.8, 4) is 0 Å². The molecule has 0 aliphatic rings. The molecule has 0 bridgehead atoms. The summed E-state index contributed by atoms with van der Waals surface area (Å²) in [6.07, 6.45) is 2.97. The number of hydrogen-bond acceptors (Lipinski definition) is 5. The van der Waals surface area contributed by atoms with Gasteiger partial charge < -0.3 is 0 Å². The van der Waals surface area contributed by atoms with E-state index in [4.69, 9.17) is 11.6 Å². The first-order valence-corrected chi connectivity index (χ1v) is 11.3. The summed E-state index contributed by atoms with van der Waals surface area (Å²) >= 11 is 6.53. The third-order valence-electron chi connectivity index (χ3n) is 5.44. The number of aromatic nitrogens is 4. The summed E-state index contributed by atoms with van der Waals surface area (Å²) in [7, 11) is 0. The lowest BCUT2D eigenvalue weighted by atomic mass is 10.1. The first-order valence-electron chi connectivity index (χ1n) is 10.9. The summed E-state index contributed by atoms with van der Waals surface area (Å²) in [6, 6.07) is 15.2. The number of aryl methyl sites for hydroxylation is 2. The molecule has 2 heterocycles. The van der Waals surface area contributed by atoms with Crippen LogP contribution in [0.5, 0.6) is 0 Å². The van der Waals surface area contributed by atoms with Crippen LogP contribution in [-0.4, -0.2) is 25.2 Å². The average Bonchev–Trinajstić information content (AvgIpc) is 3.10. The zero-order valence-corrected chi connectivity index (χ0v) is 19.9. The van der Waals surface area contributed by atoms with Crippen LogP contribution < -0.4 is 16.4 Å². The van der Waals surface area contributed by atoms with E-state index in [1.807, 2.05) is 45.0 Å². The molecule has 0 radical (unpaired) electrons. The molecule has 2 aromatic heterocycles. The molecule has 0 saturated heterocycles. The van der Waals surface area contributed by atoms with Gasteiger partial charge in [0.2, 0.25) is 5.95 Å². The van der Waals surface area contributed by atoms with Crippen LogP contribution in [0.15, 0.2) is 59.4 Å². The number of anilines is 1. The highest BCUT2D eigenvalue weighted by atomic mass is 35.5. The molecular weight excluding hydrogens is 452 g/mol. The second-order valence-electron chi connectivity index (χ2n) is 7.88. The van der Waals surface area contributed by atoms with Crippen molar-refractivity contribution in [2.24, 2.45) is 0 Å². The summed E-state index contributed by atoms with van der Waals surface area (Å²) < 4.78 is 3.17. The highest BCUT2D eigenvalue weighted by Gasteiger charge is 2.13. The quantitative estimate of drug-likeness (QED) is 0.309. The van der Waals surface area contributed by atoms with Crippen molar-refractivity contribution in [2.75, 3.05) is 5.43 Å². The molecule has 0 atom stereocenters. The van der Waals surface area contributed by atoms with E-state index in [0.717, 1.165) is 5.56 Å². The number of amides is 1. The van der Waals surface area contributed by atoms with Gasteiger partial charge in [0.1, 0.15) is 5.15 Å². The Morgan fingerprint density at radius 3 is 2.59 bits per heavy atom. The van der Waals surface area contributed by atoms with E-state index in [9.17, 15) is 9.59 Å². The molecule has 1 amide bonds. The van der Waals surface area contributed by atoms with Crippen molar-refractivity contribution in [3.05, 3.63) is 92.5 Å². The van der Waals surface area contributed by atoms with Gasteiger partial charge in [-0.15, -0.1) is 0 Å². The monoisotopic (exact) mass is 476 g/mol. The molecule has 34 heavy (non-hydrogen) atoms. The van der Waals surface area contributed by atoms with Gasteiger partial charge in [0.05, 0.1) is 23.1 Å². The van der Waals surface area contributed by atoms with Gasteiger partial charge in [-0.2, -0.15) is 5.10 Å². The van der Waals surface area contributed by atoms with Crippen LogP contribution in [0, 0.1) is 13.8 Å². The van der Waals surface area contributed by atoms with Crippen molar-refractivity contribution in [2.45, 2.75) is 33.9 Å². The van der Waals surface area contributed by atoms with Crippen LogP contribution in [0.1, 0.15) is 29.3 Å². The van der Waals surface area contributed by atoms with Crippen molar-refractivity contribution < 1.29 is 4.79 Å². The number of hydrogen-bond donors (Lipinski definition) is 2. The summed E-state index contributed by atoms with van der Waals surface area (Å²) in [4.78, 5) is 29.6. The van der Waals surface area contributed by atoms with Crippen molar-refractivity contribution in [1.29, 1.82) is 0 Å². The standard InChI is InChI=1S/C25H25ClN6O2/c1-4-31-24(34)20-7-5-6-8-21(20)27-25(31)29-28-22(33)14-13-19-17(3)30-32(23(19)26)15-18-11-9-16(2)10-12-18/h5-14H,4,15H2,1-3H3,(H,27,29)(H,28,33)/b14-13+. The van der Waals surface area contributed by atoms with E-state index >= 15 is 0 Å². The van der Waals surface area contributed by atoms with Crippen LogP contribution in [0.3, 0.4) is 0 Å². The highest BCUT2D eigenvalue weighted by Crippen LogP contribution is 2.22. The number of carbonyl (C=O) groups is 1. The third kappa shape index (κ3) is 4.87. The molecule has 2 N–H and O–H groups in total. The topological polar surface area (TPSA) is 93.8 Å². The maximum absolute atomic E-state index is 12.7. The Labute approximate surface area is 201 Å². The maximum atomic E-state index is 12.7. The fourth-order valence-corrected chi connectivity index (χ4v) is 3.90. The highest BCUT2D eigenvalue weighted by molar-refractivity contribution is 6.31. The van der Waals surface area contributed by atoms with Crippen molar-refractivity contribution >= 4 is 40.4 Å². The first kappa shape index (κ1) is 23.3. The van der Waals surface area contributed by atoms with E-state index in [-0.39, 0.29) is 11.5 Å². The van der Waals surface area contributed by atoms with Crippen LogP contribution >= 0.6 is 11.6 Å². The number of benzene rings is 2. The average molecular weight is 477 g/mol.